The van der Waals surface area contributed by atoms with E-state index in [1.807, 2.05) is 29.9 Å². The number of ether oxygens (including phenoxy) is 1. The van der Waals surface area contributed by atoms with Crippen LogP contribution in [0.5, 0.6) is 5.75 Å². The Labute approximate surface area is 147 Å². The molecule has 1 aliphatic heterocycles. The number of carbonyl (C=O) groups excluding carboxylic acids is 1. The largest absolute Gasteiger partial charge is 0.493 e. The Balaban J connectivity index is 1.47. The van der Waals surface area contributed by atoms with E-state index in [1.54, 1.807) is 11.9 Å². The zero-order chi connectivity index (χ0) is 17.1. The fourth-order valence-corrected chi connectivity index (χ4v) is 3.15. The van der Waals surface area contributed by atoms with Crippen LogP contribution in [0.15, 0.2) is 30.5 Å². The number of fused-ring (bicyclic) bond motifs is 1. The van der Waals surface area contributed by atoms with Crippen LogP contribution in [0.2, 0.25) is 5.02 Å². The zero-order valence-electron chi connectivity index (χ0n) is 14.0. The number of benzene rings is 1. The molecule has 0 saturated carbocycles. The summed E-state index contributed by atoms with van der Waals surface area (Å²) in [4.78, 5) is 13.9. The van der Waals surface area contributed by atoms with E-state index in [2.05, 4.69) is 17.4 Å². The number of halogens is 1. The summed E-state index contributed by atoms with van der Waals surface area (Å²) in [5, 5.41) is 3.64. The van der Waals surface area contributed by atoms with Gasteiger partial charge >= 0.3 is 6.03 Å². The van der Waals surface area contributed by atoms with Crippen LogP contribution < -0.4 is 10.1 Å². The highest BCUT2D eigenvalue weighted by molar-refractivity contribution is 6.30. The van der Waals surface area contributed by atoms with Crippen LogP contribution in [0, 0.1) is 0 Å². The summed E-state index contributed by atoms with van der Waals surface area (Å²) in [6.07, 6.45) is 3.61. The highest BCUT2D eigenvalue weighted by Gasteiger charge is 2.13. The van der Waals surface area contributed by atoms with Crippen molar-refractivity contribution < 1.29 is 9.53 Å². The molecule has 1 aromatic heterocycles. The average Bonchev–Trinajstić information content (AvgIpc) is 3.13. The van der Waals surface area contributed by atoms with Crippen LogP contribution in [0.3, 0.4) is 0 Å². The molecule has 24 heavy (non-hydrogen) atoms. The molecule has 0 fully saturated rings. The first kappa shape index (κ1) is 16.7. The van der Waals surface area contributed by atoms with E-state index >= 15 is 0 Å². The van der Waals surface area contributed by atoms with E-state index in [0.717, 1.165) is 30.9 Å². The predicted octanol–water partition coefficient (Wildman–Crippen LogP) is 3.00. The van der Waals surface area contributed by atoms with Crippen molar-refractivity contribution in [1.29, 1.82) is 0 Å². The quantitative estimate of drug-likeness (QED) is 0.903. The van der Waals surface area contributed by atoms with Gasteiger partial charge in [-0.1, -0.05) is 23.7 Å². The highest BCUT2D eigenvalue weighted by atomic mass is 35.5. The van der Waals surface area contributed by atoms with Crippen molar-refractivity contribution in [1.82, 2.24) is 14.8 Å². The Hall–Kier alpha value is -2.14. The minimum Gasteiger partial charge on any atom is -0.493 e. The van der Waals surface area contributed by atoms with Gasteiger partial charge in [-0.15, -0.1) is 0 Å². The Morgan fingerprint density at radius 2 is 2.25 bits per heavy atom. The molecule has 0 saturated heterocycles. The van der Waals surface area contributed by atoms with Gasteiger partial charge in [0.05, 0.1) is 18.2 Å². The number of carbonyl (C=O) groups is 1. The van der Waals surface area contributed by atoms with Crippen LogP contribution in [0.1, 0.15) is 16.8 Å². The van der Waals surface area contributed by atoms with Crippen molar-refractivity contribution in [2.24, 2.45) is 7.05 Å². The summed E-state index contributed by atoms with van der Waals surface area (Å²) in [7, 11) is 3.70. The Kier molecular flexibility index (Phi) is 5.00. The number of nitrogens with one attached hydrogen (secondary N) is 1. The molecule has 5 nitrogen and oxygen atoms in total. The maximum absolute atomic E-state index is 12.2. The van der Waals surface area contributed by atoms with Gasteiger partial charge in [0.2, 0.25) is 0 Å². The molecule has 0 radical (unpaired) electrons. The van der Waals surface area contributed by atoms with Gasteiger partial charge in [0, 0.05) is 39.0 Å². The fourth-order valence-electron chi connectivity index (χ4n) is 2.88. The summed E-state index contributed by atoms with van der Waals surface area (Å²) < 4.78 is 7.44. The molecule has 0 bridgehead atoms. The smallest absolute Gasteiger partial charge is 0.317 e. The van der Waals surface area contributed by atoms with Gasteiger partial charge in [-0.3, -0.25) is 0 Å². The first-order chi connectivity index (χ1) is 11.5. The van der Waals surface area contributed by atoms with E-state index in [9.17, 15) is 4.79 Å². The lowest BCUT2D eigenvalue weighted by atomic mass is 10.1. The minimum absolute atomic E-state index is 0.0863. The summed E-state index contributed by atoms with van der Waals surface area (Å²) in [6, 6.07) is 8.04. The number of aryl methyl sites for hydroxylation is 1. The molecule has 0 aliphatic carbocycles. The van der Waals surface area contributed by atoms with Gasteiger partial charge in [-0.25, -0.2) is 4.79 Å². The summed E-state index contributed by atoms with van der Waals surface area (Å²) >= 11 is 5.97. The van der Waals surface area contributed by atoms with Crippen molar-refractivity contribution in [3.8, 4) is 5.75 Å². The molecule has 1 aliphatic rings. The lowest BCUT2D eigenvalue weighted by Crippen LogP contribution is -2.38. The Morgan fingerprint density at radius 3 is 3.00 bits per heavy atom. The lowest BCUT2D eigenvalue weighted by molar-refractivity contribution is 0.206. The average molecular weight is 348 g/mol. The number of rotatable bonds is 5. The first-order valence-corrected chi connectivity index (χ1v) is 8.45. The molecule has 128 valence electrons. The second-order valence-corrected chi connectivity index (χ2v) is 6.58. The van der Waals surface area contributed by atoms with Crippen LogP contribution in [-0.2, 0) is 26.4 Å². The molecule has 1 N–H and O–H groups in total. The van der Waals surface area contributed by atoms with Crippen LogP contribution in [0.25, 0.3) is 0 Å². The number of aromatic nitrogens is 1. The third-order valence-electron chi connectivity index (χ3n) is 4.26. The van der Waals surface area contributed by atoms with Crippen LogP contribution in [-0.4, -0.2) is 35.7 Å². The standard InChI is InChI=1S/C18H22ClN3O2/c1-21-11-15(19)10-16(21)12-22(2)18(23)20-7-5-13-3-4-17-14(9-13)6-8-24-17/h3-4,9-11H,5-8,12H2,1-2H3,(H,20,23). The van der Waals surface area contributed by atoms with Crippen molar-refractivity contribution in [2.45, 2.75) is 19.4 Å². The first-order valence-electron chi connectivity index (χ1n) is 8.07. The summed E-state index contributed by atoms with van der Waals surface area (Å²) in [5.41, 5.74) is 3.48. The highest BCUT2D eigenvalue weighted by Crippen LogP contribution is 2.25. The third kappa shape index (κ3) is 3.85. The van der Waals surface area contributed by atoms with Crippen molar-refractivity contribution in [3.05, 3.63) is 52.3 Å². The molecule has 0 spiro atoms. The molecule has 2 amide bonds. The molecule has 0 atom stereocenters. The summed E-state index contributed by atoms with van der Waals surface area (Å²) in [6.45, 7) is 1.89. The Bertz CT molecular complexity index is 742. The summed E-state index contributed by atoms with van der Waals surface area (Å²) in [5.74, 6) is 0.990. The molecule has 2 aromatic rings. The molecule has 1 aromatic carbocycles. The topological polar surface area (TPSA) is 46.5 Å². The maximum Gasteiger partial charge on any atom is 0.317 e. The molecule has 2 heterocycles. The van der Waals surface area contributed by atoms with Gasteiger partial charge in [0.15, 0.2) is 0 Å². The van der Waals surface area contributed by atoms with Crippen LogP contribution >= 0.6 is 11.6 Å². The number of hydrogen-bond acceptors (Lipinski definition) is 2. The predicted molar refractivity (Wildman–Crippen MR) is 94.6 cm³/mol. The van der Waals surface area contributed by atoms with Crippen LogP contribution in [0.4, 0.5) is 4.79 Å². The molecular weight excluding hydrogens is 326 g/mol. The monoisotopic (exact) mass is 347 g/mol. The second kappa shape index (κ2) is 7.18. The molecule has 3 rings (SSSR count). The minimum atomic E-state index is -0.0863. The Morgan fingerprint density at radius 1 is 1.42 bits per heavy atom. The van der Waals surface area contributed by atoms with Crippen molar-refractivity contribution in [2.75, 3.05) is 20.2 Å². The van der Waals surface area contributed by atoms with Gasteiger partial charge < -0.3 is 19.5 Å². The fraction of sp³-hybridized carbons (Fsp3) is 0.389. The number of nitrogens with zero attached hydrogens (tertiary/aromatic N) is 2. The van der Waals surface area contributed by atoms with Gasteiger partial charge in [-0.05, 0) is 29.7 Å². The van der Waals surface area contributed by atoms with Gasteiger partial charge in [0.25, 0.3) is 0 Å². The van der Waals surface area contributed by atoms with Gasteiger partial charge in [0.1, 0.15) is 5.75 Å². The molecule has 0 unspecified atom stereocenters. The number of amides is 2. The van der Waals surface area contributed by atoms with Gasteiger partial charge in [-0.2, -0.15) is 0 Å². The van der Waals surface area contributed by atoms with E-state index in [1.165, 1.54) is 11.1 Å². The number of hydrogen-bond donors (Lipinski definition) is 1. The third-order valence-corrected chi connectivity index (χ3v) is 4.47. The molecular formula is C18H22ClN3O2. The lowest BCUT2D eigenvalue weighted by Gasteiger charge is -2.18. The normalized spacial score (nSPS) is 12.6. The zero-order valence-corrected chi connectivity index (χ0v) is 14.8. The number of urea groups is 1. The molecule has 6 heteroatoms. The van der Waals surface area contributed by atoms with E-state index in [0.29, 0.717) is 18.1 Å². The SMILES string of the molecule is CN(Cc1cc(Cl)cn1C)C(=O)NCCc1ccc2c(c1)CCO2. The van der Waals surface area contributed by atoms with E-state index in [-0.39, 0.29) is 6.03 Å². The van der Waals surface area contributed by atoms with Crippen molar-refractivity contribution >= 4 is 17.6 Å². The second-order valence-electron chi connectivity index (χ2n) is 6.14. The van der Waals surface area contributed by atoms with Crippen molar-refractivity contribution in [3.63, 3.8) is 0 Å². The van der Waals surface area contributed by atoms with E-state index < -0.39 is 0 Å². The van der Waals surface area contributed by atoms with E-state index in [4.69, 9.17) is 16.3 Å². The maximum atomic E-state index is 12.2.